The fourth-order valence-electron chi connectivity index (χ4n) is 3.70. The van der Waals surface area contributed by atoms with Crippen LogP contribution in [0.4, 0.5) is 15.8 Å². The molecule has 0 spiro atoms. The zero-order valence-corrected chi connectivity index (χ0v) is 10.7. The van der Waals surface area contributed by atoms with Gasteiger partial charge in [0.2, 0.25) is 0 Å². The van der Waals surface area contributed by atoms with Gasteiger partial charge in [-0.05, 0) is 43.7 Å². The highest BCUT2D eigenvalue weighted by Crippen LogP contribution is 2.39. The number of fused-ring (bicyclic) bond motifs is 1. The summed E-state index contributed by atoms with van der Waals surface area (Å²) in [6.07, 6.45) is 7.76. The maximum absolute atomic E-state index is 13.6. The monoisotopic (exact) mass is 248 g/mol. The highest BCUT2D eigenvalue weighted by Gasteiger charge is 2.34. The van der Waals surface area contributed by atoms with E-state index in [0.29, 0.717) is 11.7 Å². The highest BCUT2D eigenvalue weighted by molar-refractivity contribution is 5.68. The summed E-state index contributed by atoms with van der Waals surface area (Å²) in [4.78, 5) is 2.37. The van der Waals surface area contributed by atoms with Gasteiger partial charge >= 0.3 is 0 Å². The van der Waals surface area contributed by atoms with Crippen LogP contribution in [0.15, 0.2) is 18.2 Å². The van der Waals surface area contributed by atoms with Gasteiger partial charge in [0.1, 0.15) is 5.82 Å². The SMILES string of the molecule is Nc1c(F)cccc1N1CCC[C@H]2CCCC[C@H]21. The van der Waals surface area contributed by atoms with E-state index in [0.717, 1.165) is 18.2 Å². The van der Waals surface area contributed by atoms with Crippen LogP contribution >= 0.6 is 0 Å². The van der Waals surface area contributed by atoms with Crippen molar-refractivity contribution >= 4 is 11.4 Å². The summed E-state index contributed by atoms with van der Waals surface area (Å²) < 4.78 is 13.6. The lowest BCUT2D eigenvalue weighted by Gasteiger charge is -2.45. The van der Waals surface area contributed by atoms with Crippen LogP contribution in [0.1, 0.15) is 38.5 Å². The third kappa shape index (κ3) is 1.96. The Hall–Kier alpha value is -1.25. The van der Waals surface area contributed by atoms with Crippen LogP contribution in [-0.2, 0) is 0 Å². The summed E-state index contributed by atoms with van der Waals surface area (Å²) in [6.45, 7) is 1.02. The van der Waals surface area contributed by atoms with Crippen molar-refractivity contribution < 1.29 is 4.39 Å². The van der Waals surface area contributed by atoms with E-state index in [4.69, 9.17) is 5.73 Å². The second kappa shape index (κ2) is 4.79. The Labute approximate surface area is 108 Å². The maximum atomic E-state index is 13.6. The predicted molar refractivity (Wildman–Crippen MR) is 73.1 cm³/mol. The summed E-state index contributed by atoms with van der Waals surface area (Å²) in [5.74, 6) is 0.501. The van der Waals surface area contributed by atoms with Gasteiger partial charge < -0.3 is 10.6 Å². The lowest BCUT2D eigenvalue weighted by atomic mass is 9.78. The highest BCUT2D eigenvalue weighted by atomic mass is 19.1. The van der Waals surface area contributed by atoms with Crippen molar-refractivity contribution in [2.45, 2.75) is 44.6 Å². The van der Waals surface area contributed by atoms with Crippen LogP contribution in [0.2, 0.25) is 0 Å². The van der Waals surface area contributed by atoms with Crippen LogP contribution in [0.25, 0.3) is 0 Å². The Morgan fingerprint density at radius 1 is 1.11 bits per heavy atom. The van der Waals surface area contributed by atoms with Crippen LogP contribution in [0, 0.1) is 11.7 Å². The van der Waals surface area contributed by atoms with Gasteiger partial charge in [-0.2, -0.15) is 0 Å². The fourth-order valence-corrected chi connectivity index (χ4v) is 3.70. The number of nitrogens with two attached hydrogens (primary N) is 1. The molecule has 0 aromatic heterocycles. The van der Waals surface area contributed by atoms with E-state index in [1.807, 2.05) is 6.07 Å². The first-order valence-electron chi connectivity index (χ1n) is 7.08. The quantitative estimate of drug-likeness (QED) is 0.770. The van der Waals surface area contributed by atoms with Gasteiger partial charge in [-0.25, -0.2) is 4.39 Å². The summed E-state index contributed by atoms with van der Waals surface area (Å²) >= 11 is 0. The minimum absolute atomic E-state index is 0.287. The Balaban J connectivity index is 1.92. The number of hydrogen-bond acceptors (Lipinski definition) is 2. The molecule has 2 atom stereocenters. The van der Waals surface area contributed by atoms with Gasteiger partial charge in [-0.1, -0.05) is 18.9 Å². The van der Waals surface area contributed by atoms with Crippen LogP contribution in [0.3, 0.4) is 0 Å². The van der Waals surface area contributed by atoms with Crippen molar-refractivity contribution in [1.82, 2.24) is 0 Å². The second-order valence-electron chi connectivity index (χ2n) is 5.62. The van der Waals surface area contributed by atoms with Crippen molar-refractivity contribution in [3.8, 4) is 0 Å². The third-order valence-electron chi connectivity index (χ3n) is 4.58. The average molecular weight is 248 g/mol. The van der Waals surface area contributed by atoms with Crippen LogP contribution in [0.5, 0.6) is 0 Å². The summed E-state index contributed by atoms with van der Waals surface area (Å²) in [5.41, 5.74) is 7.15. The first-order valence-corrected chi connectivity index (χ1v) is 7.08. The molecule has 1 aromatic carbocycles. The fraction of sp³-hybridized carbons (Fsp3) is 0.600. The summed E-state index contributed by atoms with van der Waals surface area (Å²) in [6, 6.07) is 5.76. The minimum atomic E-state index is -0.287. The zero-order chi connectivity index (χ0) is 12.5. The molecular weight excluding hydrogens is 227 g/mol. The lowest BCUT2D eigenvalue weighted by Crippen LogP contribution is -2.47. The number of anilines is 2. The summed E-state index contributed by atoms with van der Waals surface area (Å²) in [7, 11) is 0. The van der Waals surface area contributed by atoms with Crippen molar-refractivity contribution in [2.24, 2.45) is 5.92 Å². The van der Waals surface area contributed by atoms with E-state index in [1.54, 1.807) is 6.07 Å². The average Bonchev–Trinajstić information content (AvgIpc) is 2.41. The molecule has 0 unspecified atom stereocenters. The molecule has 98 valence electrons. The molecule has 3 heteroatoms. The number of nitrogen functional groups attached to an aromatic ring is 1. The predicted octanol–water partition coefficient (Wildman–Crippen LogP) is 3.57. The molecule has 1 saturated heterocycles. The van der Waals surface area contributed by atoms with Crippen molar-refractivity contribution in [2.75, 3.05) is 17.2 Å². The van der Waals surface area contributed by atoms with E-state index in [-0.39, 0.29) is 5.82 Å². The van der Waals surface area contributed by atoms with Crippen LogP contribution in [-0.4, -0.2) is 12.6 Å². The smallest absolute Gasteiger partial charge is 0.148 e. The van der Waals surface area contributed by atoms with E-state index in [9.17, 15) is 4.39 Å². The molecule has 3 rings (SSSR count). The van der Waals surface area contributed by atoms with Crippen molar-refractivity contribution in [3.05, 3.63) is 24.0 Å². The zero-order valence-electron chi connectivity index (χ0n) is 10.7. The van der Waals surface area contributed by atoms with Gasteiger partial charge in [0.05, 0.1) is 11.4 Å². The van der Waals surface area contributed by atoms with Crippen molar-refractivity contribution in [3.63, 3.8) is 0 Å². The van der Waals surface area contributed by atoms with Crippen molar-refractivity contribution in [1.29, 1.82) is 0 Å². The Morgan fingerprint density at radius 3 is 2.78 bits per heavy atom. The number of nitrogens with zero attached hydrogens (tertiary/aromatic N) is 1. The molecule has 2 fully saturated rings. The van der Waals surface area contributed by atoms with Gasteiger partial charge in [-0.3, -0.25) is 0 Å². The number of hydrogen-bond donors (Lipinski definition) is 1. The molecule has 18 heavy (non-hydrogen) atoms. The van der Waals surface area contributed by atoms with Gasteiger partial charge in [0.25, 0.3) is 0 Å². The molecule has 1 aliphatic carbocycles. The molecule has 1 heterocycles. The Bertz CT molecular complexity index is 431. The van der Waals surface area contributed by atoms with Gasteiger partial charge in [-0.15, -0.1) is 0 Å². The van der Waals surface area contributed by atoms with Gasteiger partial charge in [0.15, 0.2) is 0 Å². The van der Waals surface area contributed by atoms with E-state index in [1.165, 1.54) is 44.6 Å². The Morgan fingerprint density at radius 2 is 1.89 bits per heavy atom. The number of rotatable bonds is 1. The number of halogens is 1. The molecule has 1 saturated carbocycles. The normalized spacial score (nSPS) is 27.9. The molecule has 2 N–H and O–H groups in total. The molecular formula is C15H21FN2. The number of piperidine rings is 1. The Kier molecular flexibility index (Phi) is 3.14. The van der Waals surface area contributed by atoms with Crippen LogP contribution < -0.4 is 10.6 Å². The number of para-hydroxylation sites is 1. The molecule has 1 aromatic rings. The summed E-state index contributed by atoms with van der Waals surface area (Å²) in [5, 5.41) is 0. The molecule has 0 radical (unpaired) electrons. The molecule has 2 nitrogen and oxygen atoms in total. The molecule has 0 bridgehead atoms. The largest absolute Gasteiger partial charge is 0.395 e. The number of benzene rings is 1. The third-order valence-corrected chi connectivity index (χ3v) is 4.58. The van der Waals surface area contributed by atoms with E-state index < -0.39 is 0 Å². The molecule has 2 aliphatic rings. The lowest BCUT2D eigenvalue weighted by molar-refractivity contribution is 0.244. The first kappa shape index (κ1) is 11.8. The standard InChI is InChI=1S/C15H21FN2/c16-12-7-3-9-14(15(12)17)18-10-4-6-11-5-1-2-8-13(11)18/h3,7,9,11,13H,1-2,4-6,8,10,17H2/t11-,13-/m1/s1. The van der Waals surface area contributed by atoms with E-state index in [2.05, 4.69) is 4.90 Å². The minimum Gasteiger partial charge on any atom is -0.395 e. The molecule has 0 amide bonds. The van der Waals surface area contributed by atoms with Gasteiger partial charge in [0, 0.05) is 12.6 Å². The molecule has 1 aliphatic heterocycles. The second-order valence-corrected chi connectivity index (χ2v) is 5.62. The topological polar surface area (TPSA) is 29.3 Å². The maximum Gasteiger partial charge on any atom is 0.148 e. The van der Waals surface area contributed by atoms with E-state index >= 15 is 0 Å². The first-order chi connectivity index (χ1) is 8.77.